The normalized spacial score (nSPS) is 11.0. The quantitative estimate of drug-likeness (QED) is 0.373. The standard InChI is InChI=1S/C20H26O5S.Na/c1-2-3-4-5-6-7-9-16-10-8-11-17(14-16)25-18-12-13-19(21)20(15-18)26(22,23)24;/h8,10-15,21H,2-7,9H2,1H3,(H,22,23,24);/q;+1/p-1. The van der Waals surface area contributed by atoms with E-state index in [4.69, 9.17) is 9.29 Å². The molecule has 0 saturated carbocycles. The Bertz CT molecular complexity index is 821. The Balaban J connectivity index is 0.00000364. The van der Waals surface area contributed by atoms with Gasteiger partial charge in [0.1, 0.15) is 11.5 Å². The van der Waals surface area contributed by atoms with E-state index in [1.54, 1.807) is 6.07 Å². The van der Waals surface area contributed by atoms with E-state index in [0.29, 0.717) is 5.75 Å². The molecule has 2 aromatic rings. The molecule has 0 fully saturated rings. The van der Waals surface area contributed by atoms with E-state index < -0.39 is 20.8 Å². The van der Waals surface area contributed by atoms with Crippen LogP contribution in [0.3, 0.4) is 0 Å². The summed E-state index contributed by atoms with van der Waals surface area (Å²) in [5.74, 6) is -0.0148. The summed E-state index contributed by atoms with van der Waals surface area (Å²) in [7, 11) is -4.57. The molecule has 0 saturated heterocycles. The molecule has 27 heavy (non-hydrogen) atoms. The van der Waals surface area contributed by atoms with Crippen LogP contribution in [0.4, 0.5) is 0 Å². The van der Waals surface area contributed by atoms with Crippen LogP contribution in [0, 0.1) is 0 Å². The first kappa shape index (κ1) is 24.0. The van der Waals surface area contributed by atoms with Crippen molar-refractivity contribution in [2.75, 3.05) is 0 Å². The largest absolute Gasteiger partial charge is 1.00 e. The van der Waals surface area contributed by atoms with Crippen LogP contribution >= 0.6 is 0 Å². The second-order valence-corrected chi connectivity index (χ2v) is 7.74. The van der Waals surface area contributed by atoms with Gasteiger partial charge in [-0.2, -0.15) is 8.42 Å². The summed E-state index contributed by atoms with van der Waals surface area (Å²) in [5, 5.41) is 11.5. The van der Waals surface area contributed by atoms with Crippen molar-refractivity contribution < 1.29 is 52.4 Å². The van der Waals surface area contributed by atoms with Gasteiger partial charge in [0.05, 0.1) is 4.90 Å². The molecule has 0 unspecified atom stereocenters. The van der Waals surface area contributed by atoms with Crippen LogP contribution in [0.5, 0.6) is 17.2 Å². The Labute approximate surface area is 183 Å². The Morgan fingerprint density at radius 2 is 1.63 bits per heavy atom. The molecular weight excluding hydrogens is 375 g/mol. The second kappa shape index (κ2) is 11.7. The number of rotatable bonds is 10. The summed E-state index contributed by atoms with van der Waals surface area (Å²) >= 11 is 0. The molecule has 5 nitrogen and oxygen atoms in total. The SMILES string of the molecule is CCCCCCCCc1cccc(Oc2ccc([O-])c(S(=O)(=O)O)c2)c1.[Na+]. The van der Waals surface area contributed by atoms with Crippen LogP contribution in [-0.4, -0.2) is 13.0 Å². The van der Waals surface area contributed by atoms with E-state index >= 15 is 0 Å². The minimum Gasteiger partial charge on any atom is -0.872 e. The number of hydrogen-bond acceptors (Lipinski definition) is 4. The summed E-state index contributed by atoms with van der Waals surface area (Å²) in [4.78, 5) is -0.682. The van der Waals surface area contributed by atoms with Crippen molar-refractivity contribution in [2.45, 2.75) is 56.8 Å². The fourth-order valence-electron chi connectivity index (χ4n) is 2.76. The maximum Gasteiger partial charge on any atom is 1.00 e. The van der Waals surface area contributed by atoms with Gasteiger partial charge in [-0.3, -0.25) is 4.55 Å². The monoisotopic (exact) mass is 400 g/mol. The molecule has 0 spiro atoms. The number of benzene rings is 2. The molecular formula is C20H25NaO5S. The van der Waals surface area contributed by atoms with Crippen LogP contribution in [-0.2, 0) is 16.5 Å². The number of aryl methyl sites for hydroxylation is 1. The van der Waals surface area contributed by atoms with Gasteiger partial charge in [-0.15, -0.1) is 0 Å². The molecule has 0 aliphatic heterocycles. The second-order valence-electron chi connectivity index (χ2n) is 6.35. The average Bonchev–Trinajstić information content (AvgIpc) is 2.59. The minimum absolute atomic E-state index is 0. The zero-order valence-corrected chi connectivity index (χ0v) is 18.8. The molecule has 2 rings (SSSR count). The Kier molecular flexibility index (Phi) is 10.4. The molecule has 0 aromatic heterocycles. The molecule has 0 radical (unpaired) electrons. The molecule has 7 heteroatoms. The minimum atomic E-state index is -4.57. The van der Waals surface area contributed by atoms with E-state index in [1.807, 2.05) is 18.2 Å². The van der Waals surface area contributed by atoms with Gasteiger partial charge in [-0.25, -0.2) is 0 Å². The van der Waals surface area contributed by atoms with Gasteiger partial charge in [0.15, 0.2) is 0 Å². The van der Waals surface area contributed by atoms with Crippen LogP contribution in [0.2, 0.25) is 0 Å². The van der Waals surface area contributed by atoms with Crippen LogP contribution in [0.25, 0.3) is 0 Å². The van der Waals surface area contributed by atoms with E-state index in [-0.39, 0.29) is 35.3 Å². The third-order valence-corrected chi connectivity index (χ3v) is 5.02. The van der Waals surface area contributed by atoms with Gasteiger partial charge in [-0.05, 0) is 36.6 Å². The zero-order valence-electron chi connectivity index (χ0n) is 16.0. The van der Waals surface area contributed by atoms with Crippen molar-refractivity contribution in [1.29, 1.82) is 0 Å². The van der Waals surface area contributed by atoms with Crippen LogP contribution < -0.4 is 39.4 Å². The fourth-order valence-corrected chi connectivity index (χ4v) is 3.35. The molecule has 0 heterocycles. The third-order valence-electron chi connectivity index (χ3n) is 4.15. The number of unbranched alkanes of at least 4 members (excludes halogenated alkanes) is 5. The molecule has 142 valence electrons. The molecule has 0 aliphatic carbocycles. The summed E-state index contributed by atoms with van der Waals surface area (Å²) in [6, 6.07) is 11.1. The van der Waals surface area contributed by atoms with Crippen molar-refractivity contribution in [3.05, 3.63) is 48.0 Å². The summed E-state index contributed by atoms with van der Waals surface area (Å²) in [5.41, 5.74) is 1.15. The Hall–Kier alpha value is -1.05. The first-order chi connectivity index (χ1) is 12.4. The topological polar surface area (TPSA) is 86.7 Å². The van der Waals surface area contributed by atoms with Gasteiger partial charge < -0.3 is 9.84 Å². The van der Waals surface area contributed by atoms with Crippen molar-refractivity contribution in [1.82, 2.24) is 0 Å². The van der Waals surface area contributed by atoms with Gasteiger partial charge in [-0.1, -0.05) is 63.0 Å². The molecule has 0 aliphatic rings. The van der Waals surface area contributed by atoms with Crippen molar-refractivity contribution in [3.8, 4) is 17.2 Å². The van der Waals surface area contributed by atoms with Crippen molar-refractivity contribution in [2.24, 2.45) is 0 Å². The average molecular weight is 400 g/mol. The predicted octanol–water partition coefficient (Wildman–Crippen LogP) is 1.71. The molecule has 2 aromatic carbocycles. The molecule has 0 bridgehead atoms. The zero-order chi connectivity index (χ0) is 19.0. The predicted molar refractivity (Wildman–Crippen MR) is 99.3 cm³/mol. The van der Waals surface area contributed by atoms with E-state index in [1.165, 1.54) is 38.2 Å². The Morgan fingerprint density at radius 1 is 0.963 bits per heavy atom. The maximum atomic E-state index is 11.5. The van der Waals surface area contributed by atoms with Crippen molar-refractivity contribution >= 4 is 10.1 Å². The summed E-state index contributed by atoms with van der Waals surface area (Å²) in [6.45, 7) is 2.20. The Morgan fingerprint density at radius 3 is 2.33 bits per heavy atom. The van der Waals surface area contributed by atoms with Gasteiger partial charge in [0, 0.05) is 6.07 Å². The van der Waals surface area contributed by atoms with Gasteiger partial charge in [0.25, 0.3) is 10.1 Å². The maximum absolute atomic E-state index is 11.5. The number of hydrogen-bond donors (Lipinski definition) is 1. The fraction of sp³-hybridized carbons (Fsp3) is 0.400. The summed E-state index contributed by atoms with van der Waals surface area (Å²) < 4.78 is 37.2. The van der Waals surface area contributed by atoms with Crippen LogP contribution in [0.1, 0.15) is 51.0 Å². The third kappa shape index (κ3) is 8.23. The first-order valence-electron chi connectivity index (χ1n) is 8.95. The first-order valence-corrected chi connectivity index (χ1v) is 10.4. The van der Waals surface area contributed by atoms with Gasteiger partial charge >= 0.3 is 29.6 Å². The van der Waals surface area contributed by atoms with E-state index in [0.717, 1.165) is 30.5 Å². The molecule has 0 atom stereocenters. The smallest absolute Gasteiger partial charge is 0.872 e. The van der Waals surface area contributed by atoms with E-state index in [2.05, 4.69) is 6.92 Å². The van der Waals surface area contributed by atoms with Crippen LogP contribution in [0.15, 0.2) is 47.4 Å². The molecule has 1 N–H and O–H groups in total. The summed E-state index contributed by atoms with van der Waals surface area (Å²) in [6.07, 6.45) is 8.34. The molecule has 0 amide bonds. The van der Waals surface area contributed by atoms with Crippen molar-refractivity contribution in [3.63, 3.8) is 0 Å². The van der Waals surface area contributed by atoms with E-state index in [9.17, 15) is 13.5 Å². The van der Waals surface area contributed by atoms with Gasteiger partial charge in [0.2, 0.25) is 0 Å². The number of ether oxygens (including phenoxy) is 1.